The smallest absolute Gasteiger partial charge is 0.226 e. The number of nitrogens with zero attached hydrogens (tertiary/aromatic N) is 1. The molecule has 0 spiro atoms. The average molecular weight is 491 g/mol. The molecule has 1 aromatic heterocycles. The number of ether oxygens (including phenoxy) is 2. The van der Waals surface area contributed by atoms with Gasteiger partial charge in [-0.1, -0.05) is 49.7 Å². The third-order valence-corrected chi connectivity index (χ3v) is 6.53. The number of hydrogen-bond donors (Lipinski definition) is 1. The summed E-state index contributed by atoms with van der Waals surface area (Å²) in [5, 5.41) is 3.07. The molecule has 3 aromatic rings. The molecule has 1 aliphatic rings. The quantitative estimate of drug-likeness (QED) is 0.386. The van der Waals surface area contributed by atoms with Gasteiger partial charge in [0.2, 0.25) is 11.8 Å². The lowest BCUT2D eigenvalue weighted by Crippen LogP contribution is -2.35. The number of carbonyl (C=O) groups excluding carboxylic acids is 2. The van der Waals surface area contributed by atoms with E-state index in [1.54, 1.807) is 13.4 Å². The van der Waals surface area contributed by atoms with Crippen LogP contribution in [0, 0.1) is 5.92 Å². The summed E-state index contributed by atoms with van der Waals surface area (Å²) in [6.07, 6.45) is 3.73. The van der Waals surface area contributed by atoms with Gasteiger partial charge in [-0.25, -0.2) is 0 Å². The zero-order chi connectivity index (χ0) is 25.3. The molecule has 2 atom stereocenters. The molecule has 2 amide bonds. The Bertz CT molecular complexity index is 1130. The fourth-order valence-electron chi connectivity index (χ4n) is 4.64. The minimum Gasteiger partial charge on any atom is -0.497 e. The summed E-state index contributed by atoms with van der Waals surface area (Å²) in [5.74, 6) is 1.01. The summed E-state index contributed by atoms with van der Waals surface area (Å²) in [6, 6.07) is 19.0. The van der Waals surface area contributed by atoms with E-state index in [9.17, 15) is 9.59 Å². The highest BCUT2D eigenvalue weighted by atomic mass is 16.5. The van der Waals surface area contributed by atoms with E-state index in [1.165, 1.54) is 0 Å². The second-order valence-electron chi connectivity index (χ2n) is 9.08. The van der Waals surface area contributed by atoms with Crippen LogP contribution in [-0.4, -0.2) is 30.4 Å². The number of rotatable bonds is 12. The Balaban J connectivity index is 1.40. The van der Waals surface area contributed by atoms with Crippen LogP contribution >= 0.6 is 0 Å². The Kier molecular flexibility index (Phi) is 8.79. The minimum atomic E-state index is -0.442. The maximum atomic E-state index is 13.3. The number of likely N-dealkylation sites (tertiary alicyclic amines) is 1. The molecule has 2 aromatic carbocycles. The highest BCUT2D eigenvalue weighted by Gasteiger charge is 2.44. The van der Waals surface area contributed by atoms with Crippen LogP contribution in [0.15, 0.2) is 71.3 Å². The molecule has 0 saturated carbocycles. The predicted octanol–water partition coefficient (Wildman–Crippen LogP) is 5.01. The molecule has 1 saturated heterocycles. The van der Waals surface area contributed by atoms with Gasteiger partial charge in [-0.05, 0) is 47.4 Å². The molecule has 7 nitrogen and oxygen atoms in total. The predicted molar refractivity (Wildman–Crippen MR) is 136 cm³/mol. The Morgan fingerprint density at radius 2 is 1.89 bits per heavy atom. The first-order valence-electron chi connectivity index (χ1n) is 12.5. The minimum absolute atomic E-state index is 0.0279. The van der Waals surface area contributed by atoms with Crippen LogP contribution in [0.5, 0.6) is 5.75 Å². The van der Waals surface area contributed by atoms with E-state index >= 15 is 0 Å². The highest BCUT2D eigenvalue weighted by Crippen LogP contribution is 2.39. The standard InChI is InChI=1S/C29H34N2O5/c1-3-4-14-31-27(32)17-26(28(31)23-10-12-24(34-2)13-11-23)29(33)30-18-21-7-5-8-22(16-21)19-35-20-25-9-6-15-36-25/h5-13,15-16,26,28H,3-4,14,17-20H2,1-2H3,(H,30,33). The monoisotopic (exact) mass is 490 g/mol. The van der Waals surface area contributed by atoms with Crippen molar-refractivity contribution in [3.63, 3.8) is 0 Å². The van der Waals surface area contributed by atoms with E-state index in [1.807, 2.05) is 65.6 Å². The highest BCUT2D eigenvalue weighted by molar-refractivity contribution is 5.90. The normalized spacial score (nSPS) is 17.4. The number of hydrogen-bond acceptors (Lipinski definition) is 5. The molecule has 2 unspecified atom stereocenters. The van der Waals surface area contributed by atoms with Crippen molar-refractivity contribution in [2.24, 2.45) is 5.92 Å². The molecule has 0 aliphatic carbocycles. The number of nitrogens with one attached hydrogen (secondary N) is 1. The lowest BCUT2D eigenvalue weighted by atomic mass is 9.92. The van der Waals surface area contributed by atoms with Gasteiger partial charge in [0, 0.05) is 19.5 Å². The number of amides is 2. The number of unbranched alkanes of at least 4 members (excludes halogenated alkanes) is 1. The second-order valence-corrected chi connectivity index (χ2v) is 9.08. The zero-order valence-corrected chi connectivity index (χ0v) is 20.9. The van der Waals surface area contributed by atoms with Crippen LogP contribution in [0.2, 0.25) is 0 Å². The maximum Gasteiger partial charge on any atom is 0.226 e. The van der Waals surface area contributed by atoms with E-state index in [2.05, 4.69) is 12.2 Å². The van der Waals surface area contributed by atoms with Crippen molar-refractivity contribution in [2.45, 2.75) is 52.0 Å². The molecular formula is C29H34N2O5. The number of carbonyl (C=O) groups is 2. The van der Waals surface area contributed by atoms with Gasteiger partial charge in [-0.3, -0.25) is 9.59 Å². The fourth-order valence-corrected chi connectivity index (χ4v) is 4.64. The van der Waals surface area contributed by atoms with Crippen LogP contribution < -0.4 is 10.1 Å². The summed E-state index contributed by atoms with van der Waals surface area (Å²) < 4.78 is 16.3. The molecular weight excluding hydrogens is 456 g/mol. The van der Waals surface area contributed by atoms with Gasteiger partial charge in [0.05, 0.1) is 31.9 Å². The van der Waals surface area contributed by atoms with Crippen LogP contribution in [0.1, 0.15) is 54.7 Å². The van der Waals surface area contributed by atoms with Gasteiger partial charge in [0.15, 0.2) is 0 Å². The van der Waals surface area contributed by atoms with Gasteiger partial charge in [0.1, 0.15) is 18.1 Å². The average Bonchev–Trinajstić information content (AvgIpc) is 3.54. The van der Waals surface area contributed by atoms with E-state index in [0.717, 1.165) is 41.0 Å². The zero-order valence-electron chi connectivity index (χ0n) is 20.9. The molecule has 0 bridgehead atoms. The first-order chi connectivity index (χ1) is 17.6. The Morgan fingerprint density at radius 1 is 1.08 bits per heavy atom. The van der Waals surface area contributed by atoms with Gasteiger partial charge in [-0.15, -0.1) is 0 Å². The molecule has 4 rings (SSSR count). The molecule has 190 valence electrons. The molecule has 1 aliphatic heterocycles. The van der Waals surface area contributed by atoms with Crippen molar-refractivity contribution >= 4 is 11.8 Å². The Labute approximate surface area is 212 Å². The number of furan rings is 1. The molecule has 36 heavy (non-hydrogen) atoms. The molecule has 7 heteroatoms. The lowest BCUT2D eigenvalue weighted by Gasteiger charge is -2.28. The van der Waals surface area contributed by atoms with Crippen molar-refractivity contribution in [1.82, 2.24) is 10.2 Å². The second kappa shape index (κ2) is 12.4. The lowest BCUT2D eigenvalue weighted by molar-refractivity contribution is -0.129. The van der Waals surface area contributed by atoms with E-state index in [-0.39, 0.29) is 24.3 Å². The van der Waals surface area contributed by atoms with Crippen LogP contribution in [0.3, 0.4) is 0 Å². The summed E-state index contributed by atoms with van der Waals surface area (Å²) >= 11 is 0. The first-order valence-corrected chi connectivity index (χ1v) is 12.5. The third-order valence-electron chi connectivity index (χ3n) is 6.53. The van der Waals surface area contributed by atoms with Crippen molar-refractivity contribution < 1.29 is 23.5 Å². The largest absolute Gasteiger partial charge is 0.497 e. The Morgan fingerprint density at radius 3 is 2.61 bits per heavy atom. The molecule has 1 N–H and O–H groups in total. The van der Waals surface area contributed by atoms with Crippen molar-refractivity contribution in [2.75, 3.05) is 13.7 Å². The molecule has 1 fully saturated rings. The number of benzene rings is 2. The van der Waals surface area contributed by atoms with Gasteiger partial charge < -0.3 is 24.1 Å². The van der Waals surface area contributed by atoms with Gasteiger partial charge in [-0.2, -0.15) is 0 Å². The first kappa shape index (κ1) is 25.5. The fraction of sp³-hybridized carbons (Fsp3) is 0.379. The van der Waals surface area contributed by atoms with E-state index in [0.29, 0.717) is 26.3 Å². The maximum absolute atomic E-state index is 13.3. The van der Waals surface area contributed by atoms with Crippen LogP contribution in [0.25, 0.3) is 0 Å². The van der Waals surface area contributed by atoms with Crippen molar-refractivity contribution in [1.29, 1.82) is 0 Å². The molecule has 2 heterocycles. The summed E-state index contributed by atoms with van der Waals surface area (Å²) in [5.41, 5.74) is 2.95. The van der Waals surface area contributed by atoms with Gasteiger partial charge in [0.25, 0.3) is 0 Å². The van der Waals surface area contributed by atoms with E-state index in [4.69, 9.17) is 13.9 Å². The summed E-state index contributed by atoms with van der Waals surface area (Å²) in [6.45, 7) is 4.00. The van der Waals surface area contributed by atoms with Crippen LogP contribution in [-0.2, 0) is 34.1 Å². The van der Waals surface area contributed by atoms with Gasteiger partial charge >= 0.3 is 0 Å². The SMILES string of the molecule is CCCCN1C(=O)CC(C(=O)NCc2cccc(COCc3ccco3)c2)C1c1ccc(OC)cc1. The Hall–Kier alpha value is -3.58. The van der Waals surface area contributed by atoms with Crippen molar-refractivity contribution in [3.05, 3.63) is 89.4 Å². The van der Waals surface area contributed by atoms with E-state index < -0.39 is 5.92 Å². The summed E-state index contributed by atoms with van der Waals surface area (Å²) in [4.78, 5) is 28.1. The van der Waals surface area contributed by atoms with Crippen LogP contribution in [0.4, 0.5) is 0 Å². The van der Waals surface area contributed by atoms with Crippen molar-refractivity contribution in [3.8, 4) is 5.75 Å². The third kappa shape index (κ3) is 6.34. The number of methoxy groups -OCH3 is 1. The topological polar surface area (TPSA) is 81.0 Å². The molecule has 0 radical (unpaired) electrons. The summed E-state index contributed by atoms with van der Waals surface area (Å²) in [7, 11) is 1.62.